The molecule has 2 aromatic carbocycles. The SMILES string of the molecule is CCCCCCCCOc1ccc2c(ccc3c(F)c(OCCCCC)ccc32)n1. The van der Waals surface area contributed by atoms with Crippen LogP contribution in [0.25, 0.3) is 21.7 Å². The normalized spacial score (nSPS) is 11.3. The third-order valence-corrected chi connectivity index (χ3v) is 5.49. The summed E-state index contributed by atoms with van der Waals surface area (Å²) in [6.45, 7) is 5.60. The summed E-state index contributed by atoms with van der Waals surface area (Å²) in [6, 6.07) is 11.2. The molecule has 3 nitrogen and oxygen atoms in total. The molecule has 162 valence electrons. The number of benzene rings is 2. The predicted molar refractivity (Wildman–Crippen MR) is 123 cm³/mol. The van der Waals surface area contributed by atoms with E-state index >= 15 is 0 Å². The van der Waals surface area contributed by atoms with Gasteiger partial charge >= 0.3 is 0 Å². The molecule has 0 saturated heterocycles. The van der Waals surface area contributed by atoms with Gasteiger partial charge in [0.25, 0.3) is 0 Å². The summed E-state index contributed by atoms with van der Waals surface area (Å²) in [7, 11) is 0. The number of halogens is 1. The first-order valence-corrected chi connectivity index (χ1v) is 11.5. The Labute approximate surface area is 179 Å². The van der Waals surface area contributed by atoms with Crippen LogP contribution in [0, 0.1) is 5.82 Å². The Hall–Kier alpha value is -2.36. The van der Waals surface area contributed by atoms with Gasteiger partial charge in [0.15, 0.2) is 11.6 Å². The Bertz CT molecular complexity index is 941. The summed E-state index contributed by atoms with van der Waals surface area (Å²) in [6.07, 6.45) is 10.6. The summed E-state index contributed by atoms with van der Waals surface area (Å²) in [5, 5.41) is 2.34. The minimum Gasteiger partial charge on any atom is -0.490 e. The molecule has 0 spiro atoms. The van der Waals surface area contributed by atoms with Crippen LogP contribution in [0.5, 0.6) is 11.6 Å². The largest absolute Gasteiger partial charge is 0.490 e. The first-order chi connectivity index (χ1) is 14.7. The predicted octanol–water partition coefficient (Wildman–Crippen LogP) is 7.84. The molecule has 0 N–H and O–H groups in total. The van der Waals surface area contributed by atoms with E-state index in [2.05, 4.69) is 18.8 Å². The molecule has 1 heterocycles. The first-order valence-electron chi connectivity index (χ1n) is 11.5. The number of hydrogen-bond donors (Lipinski definition) is 0. The number of hydrogen-bond acceptors (Lipinski definition) is 3. The molecule has 0 fully saturated rings. The fourth-order valence-electron chi connectivity index (χ4n) is 3.73. The molecule has 0 saturated carbocycles. The second-order valence-electron chi connectivity index (χ2n) is 7.93. The molecule has 3 rings (SSSR count). The molecule has 0 unspecified atom stereocenters. The van der Waals surface area contributed by atoms with Crippen LogP contribution in [-0.2, 0) is 0 Å². The van der Waals surface area contributed by atoms with E-state index in [0.717, 1.165) is 42.0 Å². The summed E-state index contributed by atoms with van der Waals surface area (Å²) < 4.78 is 26.4. The first kappa shape index (κ1) is 22.3. The Balaban J connectivity index is 1.66. The van der Waals surface area contributed by atoms with Crippen LogP contribution in [0.3, 0.4) is 0 Å². The second kappa shape index (κ2) is 11.7. The van der Waals surface area contributed by atoms with E-state index in [1.807, 2.05) is 24.3 Å². The molecule has 0 aliphatic heterocycles. The van der Waals surface area contributed by atoms with E-state index in [9.17, 15) is 4.39 Å². The van der Waals surface area contributed by atoms with Crippen LogP contribution in [0.1, 0.15) is 71.6 Å². The Kier molecular flexibility index (Phi) is 8.73. The molecule has 0 aliphatic rings. The van der Waals surface area contributed by atoms with Gasteiger partial charge in [-0.05, 0) is 48.6 Å². The molecular formula is C26H34FNO2. The van der Waals surface area contributed by atoms with Gasteiger partial charge in [-0.2, -0.15) is 0 Å². The molecule has 3 aromatic rings. The summed E-state index contributed by atoms with van der Waals surface area (Å²) in [5.74, 6) is 0.658. The Morgan fingerprint density at radius 3 is 2.13 bits per heavy atom. The lowest BCUT2D eigenvalue weighted by atomic mass is 10.0. The maximum atomic E-state index is 14.9. The molecule has 0 aliphatic carbocycles. The van der Waals surface area contributed by atoms with Crippen LogP contribution >= 0.6 is 0 Å². The zero-order chi connectivity index (χ0) is 21.2. The highest BCUT2D eigenvalue weighted by Crippen LogP contribution is 2.32. The number of unbranched alkanes of at least 4 members (excludes halogenated alkanes) is 7. The third-order valence-electron chi connectivity index (χ3n) is 5.49. The lowest BCUT2D eigenvalue weighted by Gasteiger charge is -2.11. The van der Waals surface area contributed by atoms with Crippen molar-refractivity contribution in [3.05, 3.63) is 42.2 Å². The molecule has 0 radical (unpaired) electrons. The minimum atomic E-state index is -0.297. The van der Waals surface area contributed by atoms with E-state index in [1.54, 1.807) is 12.1 Å². The average molecular weight is 412 g/mol. The summed E-state index contributed by atoms with van der Waals surface area (Å²) in [5.41, 5.74) is 0.818. The highest BCUT2D eigenvalue weighted by molar-refractivity contribution is 6.06. The van der Waals surface area contributed by atoms with Gasteiger partial charge in [0, 0.05) is 16.8 Å². The van der Waals surface area contributed by atoms with Crippen molar-refractivity contribution in [1.29, 1.82) is 0 Å². The van der Waals surface area contributed by atoms with Crippen molar-refractivity contribution in [2.45, 2.75) is 71.6 Å². The molecule has 4 heteroatoms. The standard InChI is InChI=1S/C26H34FNO2/c1-3-5-7-8-9-11-19-30-25-17-14-21-20-13-16-24(29-18-10-6-4-2)26(27)22(20)12-15-23(21)28-25/h12-17H,3-11,18-19H2,1-2H3. The van der Waals surface area contributed by atoms with Crippen molar-refractivity contribution in [3.63, 3.8) is 0 Å². The van der Waals surface area contributed by atoms with Crippen molar-refractivity contribution in [2.75, 3.05) is 13.2 Å². The van der Waals surface area contributed by atoms with Crippen molar-refractivity contribution in [2.24, 2.45) is 0 Å². The van der Waals surface area contributed by atoms with Crippen molar-refractivity contribution in [1.82, 2.24) is 4.98 Å². The van der Waals surface area contributed by atoms with Gasteiger partial charge in [-0.1, -0.05) is 58.8 Å². The number of ether oxygens (including phenoxy) is 2. The molecule has 0 bridgehead atoms. The van der Waals surface area contributed by atoms with Crippen molar-refractivity contribution >= 4 is 21.7 Å². The highest BCUT2D eigenvalue weighted by atomic mass is 19.1. The van der Waals surface area contributed by atoms with E-state index < -0.39 is 0 Å². The van der Waals surface area contributed by atoms with Gasteiger partial charge in [0.1, 0.15) is 0 Å². The van der Waals surface area contributed by atoms with Crippen LogP contribution in [0.2, 0.25) is 0 Å². The smallest absolute Gasteiger partial charge is 0.213 e. The van der Waals surface area contributed by atoms with E-state index in [4.69, 9.17) is 9.47 Å². The number of fused-ring (bicyclic) bond motifs is 3. The lowest BCUT2D eigenvalue weighted by Crippen LogP contribution is -2.00. The maximum absolute atomic E-state index is 14.9. The van der Waals surface area contributed by atoms with Crippen LogP contribution in [0.4, 0.5) is 4.39 Å². The van der Waals surface area contributed by atoms with E-state index in [1.165, 1.54) is 32.1 Å². The topological polar surface area (TPSA) is 31.4 Å². The summed E-state index contributed by atoms with van der Waals surface area (Å²) in [4.78, 5) is 4.62. The summed E-state index contributed by atoms with van der Waals surface area (Å²) >= 11 is 0. The fourth-order valence-corrected chi connectivity index (χ4v) is 3.73. The number of aromatic nitrogens is 1. The Morgan fingerprint density at radius 1 is 0.667 bits per heavy atom. The molecule has 0 atom stereocenters. The molecule has 30 heavy (non-hydrogen) atoms. The Morgan fingerprint density at radius 2 is 1.30 bits per heavy atom. The van der Waals surface area contributed by atoms with Gasteiger partial charge in [0.2, 0.25) is 5.88 Å². The zero-order valence-corrected chi connectivity index (χ0v) is 18.4. The average Bonchev–Trinajstić information content (AvgIpc) is 2.77. The monoisotopic (exact) mass is 411 g/mol. The van der Waals surface area contributed by atoms with Crippen LogP contribution < -0.4 is 9.47 Å². The molecular weight excluding hydrogens is 377 g/mol. The van der Waals surface area contributed by atoms with Gasteiger partial charge < -0.3 is 9.47 Å². The van der Waals surface area contributed by atoms with E-state index in [0.29, 0.717) is 30.2 Å². The van der Waals surface area contributed by atoms with Crippen LogP contribution in [0.15, 0.2) is 36.4 Å². The van der Waals surface area contributed by atoms with Gasteiger partial charge in [-0.3, -0.25) is 0 Å². The van der Waals surface area contributed by atoms with E-state index in [-0.39, 0.29) is 5.82 Å². The molecule has 1 aromatic heterocycles. The number of pyridine rings is 1. The van der Waals surface area contributed by atoms with Gasteiger partial charge in [-0.15, -0.1) is 0 Å². The second-order valence-corrected chi connectivity index (χ2v) is 7.93. The number of rotatable bonds is 13. The highest BCUT2D eigenvalue weighted by Gasteiger charge is 2.12. The van der Waals surface area contributed by atoms with Crippen molar-refractivity contribution in [3.8, 4) is 11.6 Å². The lowest BCUT2D eigenvalue weighted by molar-refractivity contribution is 0.293. The minimum absolute atomic E-state index is 0.297. The third kappa shape index (κ3) is 5.84. The van der Waals surface area contributed by atoms with Crippen LogP contribution in [-0.4, -0.2) is 18.2 Å². The maximum Gasteiger partial charge on any atom is 0.213 e. The quantitative estimate of drug-likeness (QED) is 0.212. The van der Waals surface area contributed by atoms with Crippen molar-refractivity contribution < 1.29 is 13.9 Å². The number of nitrogens with zero attached hydrogens (tertiary/aromatic N) is 1. The zero-order valence-electron chi connectivity index (χ0n) is 18.4. The van der Waals surface area contributed by atoms with Gasteiger partial charge in [-0.25, -0.2) is 9.37 Å². The van der Waals surface area contributed by atoms with Gasteiger partial charge in [0.05, 0.1) is 18.7 Å². The molecule has 0 amide bonds. The fraction of sp³-hybridized carbons (Fsp3) is 0.500.